The topological polar surface area (TPSA) is 72.2 Å². The minimum Gasteiger partial charge on any atom is -0.396 e. The van der Waals surface area contributed by atoms with Gasteiger partial charge in [0.25, 0.3) is 10.0 Å². The quantitative estimate of drug-likeness (QED) is 0.824. The highest BCUT2D eigenvalue weighted by atomic mass is 79.9. The van der Waals surface area contributed by atoms with E-state index in [0.29, 0.717) is 0 Å². The summed E-state index contributed by atoms with van der Waals surface area (Å²) in [6.45, 7) is 0. The van der Waals surface area contributed by atoms with Crippen LogP contribution in [-0.2, 0) is 10.0 Å². The van der Waals surface area contributed by atoms with Crippen molar-refractivity contribution in [2.45, 2.75) is 4.90 Å². The number of halogens is 3. The van der Waals surface area contributed by atoms with E-state index in [0.717, 1.165) is 24.3 Å². The van der Waals surface area contributed by atoms with Gasteiger partial charge in [0.1, 0.15) is 11.6 Å². The van der Waals surface area contributed by atoms with E-state index < -0.39 is 21.7 Å². The van der Waals surface area contributed by atoms with Crippen LogP contribution in [0.5, 0.6) is 0 Å². The zero-order valence-electron chi connectivity index (χ0n) is 9.90. The van der Waals surface area contributed by atoms with Gasteiger partial charge in [0.2, 0.25) is 0 Å². The number of anilines is 2. The van der Waals surface area contributed by atoms with Gasteiger partial charge < -0.3 is 5.73 Å². The molecule has 20 heavy (non-hydrogen) atoms. The summed E-state index contributed by atoms with van der Waals surface area (Å²) in [6, 6.07) is 7.03. The van der Waals surface area contributed by atoms with E-state index in [1.165, 1.54) is 12.1 Å². The second-order valence-corrected chi connectivity index (χ2v) is 6.42. The normalized spacial score (nSPS) is 11.3. The lowest BCUT2D eigenvalue weighted by atomic mass is 10.3. The van der Waals surface area contributed by atoms with E-state index in [-0.39, 0.29) is 20.7 Å². The largest absolute Gasteiger partial charge is 0.396 e. The Morgan fingerprint density at radius 2 is 1.80 bits per heavy atom. The van der Waals surface area contributed by atoms with Gasteiger partial charge in [-0.1, -0.05) is 6.07 Å². The Bertz CT molecular complexity index is 746. The Kier molecular flexibility index (Phi) is 3.96. The van der Waals surface area contributed by atoms with Crippen LogP contribution in [0.25, 0.3) is 0 Å². The smallest absolute Gasteiger partial charge is 0.262 e. The first-order chi connectivity index (χ1) is 9.31. The maximum atomic E-state index is 13.6. The highest BCUT2D eigenvalue weighted by Crippen LogP contribution is 2.28. The van der Waals surface area contributed by atoms with Gasteiger partial charge in [0.15, 0.2) is 0 Å². The van der Waals surface area contributed by atoms with Crippen LogP contribution in [0.4, 0.5) is 20.2 Å². The first kappa shape index (κ1) is 14.7. The molecule has 0 amide bonds. The fourth-order valence-corrected chi connectivity index (χ4v) is 3.14. The molecule has 0 aliphatic rings. The van der Waals surface area contributed by atoms with Crippen molar-refractivity contribution in [1.29, 1.82) is 0 Å². The summed E-state index contributed by atoms with van der Waals surface area (Å²) in [5.41, 5.74) is 4.86. The molecule has 3 N–H and O–H groups in total. The summed E-state index contributed by atoms with van der Waals surface area (Å²) in [6.07, 6.45) is 0. The number of nitrogens with one attached hydrogen (secondary N) is 1. The summed E-state index contributed by atoms with van der Waals surface area (Å²) < 4.78 is 53.3. The summed E-state index contributed by atoms with van der Waals surface area (Å²) >= 11 is 3.04. The SMILES string of the molecule is Nc1ccc(S(=O)(=O)Nc2c(F)cccc2Br)cc1F. The number of hydrogen-bond acceptors (Lipinski definition) is 3. The van der Waals surface area contributed by atoms with Crippen molar-refractivity contribution in [1.82, 2.24) is 0 Å². The predicted molar refractivity (Wildman–Crippen MR) is 75.7 cm³/mol. The fraction of sp³-hybridized carbons (Fsp3) is 0. The van der Waals surface area contributed by atoms with Crippen molar-refractivity contribution in [3.8, 4) is 0 Å². The van der Waals surface area contributed by atoms with Crippen LogP contribution in [0.1, 0.15) is 0 Å². The first-order valence-electron chi connectivity index (χ1n) is 5.33. The fourth-order valence-electron chi connectivity index (χ4n) is 1.46. The second kappa shape index (κ2) is 5.37. The van der Waals surface area contributed by atoms with Gasteiger partial charge in [0.05, 0.1) is 16.3 Å². The third-order valence-corrected chi connectivity index (χ3v) is 4.49. The van der Waals surface area contributed by atoms with Gasteiger partial charge in [-0.3, -0.25) is 4.72 Å². The van der Waals surface area contributed by atoms with Gasteiger partial charge >= 0.3 is 0 Å². The number of hydrogen-bond donors (Lipinski definition) is 2. The second-order valence-electron chi connectivity index (χ2n) is 3.89. The molecule has 0 bridgehead atoms. The minimum atomic E-state index is -4.11. The maximum absolute atomic E-state index is 13.6. The maximum Gasteiger partial charge on any atom is 0.262 e. The van der Waals surface area contributed by atoms with Crippen molar-refractivity contribution >= 4 is 37.3 Å². The van der Waals surface area contributed by atoms with Crippen molar-refractivity contribution in [2.24, 2.45) is 0 Å². The average Bonchev–Trinajstić information content (AvgIpc) is 2.37. The molecule has 0 spiro atoms. The number of nitrogens with two attached hydrogens (primary N) is 1. The standard InChI is InChI=1S/C12H9BrF2N2O2S/c13-8-2-1-3-9(14)12(8)17-20(18,19)7-4-5-11(16)10(15)6-7/h1-6,17H,16H2. The van der Waals surface area contributed by atoms with Gasteiger partial charge in [-0.05, 0) is 46.3 Å². The van der Waals surface area contributed by atoms with E-state index in [1.807, 2.05) is 0 Å². The minimum absolute atomic E-state index is 0.170. The zero-order chi connectivity index (χ0) is 14.9. The van der Waals surface area contributed by atoms with E-state index in [4.69, 9.17) is 5.73 Å². The zero-order valence-corrected chi connectivity index (χ0v) is 12.3. The highest BCUT2D eigenvalue weighted by Gasteiger charge is 2.19. The Morgan fingerprint density at radius 3 is 2.40 bits per heavy atom. The summed E-state index contributed by atoms with van der Waals surface area (Å²) in [7, 11) is -4.11. The molecule has 0 atom stereocenters. The molecule has 0 aliphatic heterocycles. The summed E-state index contributed by atoms with van der Waals surface area (Å²) in [5.74, 6) is -1.61. The molecule has 0 saturated carbocycles. The van der Waals surface area contributed by atoms with E-state index in [9.17, 15) is 17.2 Å². The van der Waals surface area contributed by atoms with Gasteiger partial charge in [0, 0.05) is 4.47 Å². The van der Waals surface area contributed by atoms with Crippen LogP contribution >= 0.6 is 15.9 Å². The van der Waals surface area contributed by atoms with Crippen molar-refractivity contribution in [2.75, 3.05) is 10.5 Å². The van der Waals surface area contributed by atoms with Crippen molar-refractivity contribution in [3.05, 3.63) is 52.5 Å². The Labute approximate surface area is 122 Å². The van der Waals surface area contributed by atoms with Crippen LogP contribution in [0, 0.1) is 11.6 Å². The molecule has 0 fully saturated rings. The highest BCUT2D eigenvalue weighted by molar-refractivity contribution is 9.10. The number of sulfonamides is 1. The average molecular weight is 363 g/mol. The van der Waals surface area contributed by atoms with Crippen LogP contribution in [0.3, 0.4) is 0 Å². The molecule has 0 unspecified atom stereocenters. The van der Waals surface area contributed by atoms with Crippen molar-refractivity contribution < 1.29 is 17.2 Å². The Morgan fingerprint density at radius 1 is 1.10 bits per heavy atom. The van der Waals surface area contributed by atoms with E-state index >= 15 is 0 Å². The van der Waals surface area contributed by atoms with E-state index in [1.54, 1.807) is 0 Å². The molecule has 2 aromatic rings. The molecule has 2 rings (SSSR count). The number of nitrogen functional groups attached to an aromatic ring is 1. The molecule has 0 heterocycles. The van der Waals surface area contributed by atoms with E-state index in [2.05, 4.69) is 20.7 Å². The lowest BCUT2D eigenvalue weighted by Crippen LogP contribution is -2.15. The third-order valence-electron chi connectivity index (χ3n) is 2.48. The molecule has 106 valence electrons. The molecular formula is C12H9BrF2N2O2S. The van der Waals surface area contributed by atoms with Gasteiger partial charge in [-0.2, -0.15) is 0 Å². The lowest BCUT2D eigenvalue weighted by Gasteiger charge is -2.11. The number of rotatable bonds is 3. The Balaban J connectivity index is 2.43. The molecular weight excluding hydrogens is 354 g/mol. The molecule has 0 aromatic heterocycles. The van der Waals surface area contributed by atoms with Gasteiger partial charge in [-0.15, -0.1) is 0 Å². The molecule has 0 radical (unpaired) electrons. The molecule has 2 aromatic carbocycles. The van der Waals surface area contributed by atoms with Crippen molar-refractivity contribution in [3.63, 3.8) is 0 Å². The monoisotopic (exact) mass is 362 g/mol. The summed E-state index contributed by atoms with van der Waals surface area (Å²) in [4.78, 5) is -0.348. The number of benzene rings is 2. The molecule has 4 nitrogen and oxygen atoms in total. The Hall–Kier alpha value is -1.67. The summed E-state index contributed by atoms with van der Waals surface area (Å²) in [5, 5.41) is 0. The molecule has 0 saturated heterocycles. The van der Waals surface area contributed by atoms with Crippen LogP contribution in [0.15, 0.2) is 45.8 Å². The first-order valence-corrected chi connectivity index (χ1v) is 7.61. The lowest BCUT2D eigenvalue weighted by molar-refractivity contribution is 0.594. The van der Waals surface area contributed by atoms with Crippen LogP contribution in [-0.4, -0.2) is 8.42 Å². The third kappa shape index (κ3) is 2.91. The van der Waals surface area contributed by atoms with Crippen LogP contribution < -0.4 is 10.5 Å². The predicted octanol–water partition coefficient (Wildman–Crippen LogP) is 3.11. The van der Waals surface area contributed by atoms with Crippen LogP contribution in [0.2, 0.25) is 0 Å². The molecule has 8 heteroatoms. The number of para-hydroxylation sites is 1. The van der Waals surface area contributed by atoms with Gasteiger partial charge in [-0.25, -0.2) is 17.2 Å². The molecule has 0 aliphatic carbocycles.